The van der Waals surface area contributed by atoms with Crippen LogP contribution < -0.4 is 5.56 Å². The molecule has 9 nitrogen and oxygen atoms in total. The van der Waals surface area contributed by atoms with Crippen molar-refractivity contribution in [2.24, 2.45) is 0 Å². The van der Waals surface area contributed by atoms with Crippen LogP contribution in [0.1, 0.15) is 43.7 Å². The molecule has 4 heterocycles. The van der Waals surface area contributed by atoms with Gasteiger partial charge in [0.1, 0.15) is 23.6 Å². The largest absolute Gasteiger partial charge is 0.381 e. The van der Waals surface area contributed by atoms with E-state index < -0.39 is 0 Å². The summed E-state index contributed by atoms with van der Waals surface area (Å²) in [6.45, 7) is 4.95. The van der Waals surface area contributed by atoms with Gasteiger partial charge in [-0.1, -0.05) is 16.8 Å². The van der Waals surface area contributed by atoms with Crippen LogP contribution in [-0.4, -0.2) is 37.3 Å². The van der Waals surface area contributed by atoms with Gasteiger partial charge >= 0.3 is 0 Å². The molecule has 1 aromatic carbocycles. The molecule has 0 N–H and O–H groups in total. The molecule has 1 unspecified atom stereocenters. The highest BCUT2D eigenvalue weighted by Gasteiger charge is 2.27. The minimum Gasteiger partial charge on any atom is -0.381 e. The molecule has 0 saturated carbocycles. The van der Waals surface area contributed by atoms with E-state index in [1.807, 2.05) is 13.8 Å². The van der Waals surface area contributed by atoms with Crippen LogP contribution in [-0.2, 0) is 4.74 Å². The van der Waals surface area contributed by atoms with Crippen LogP contribution in [0, 0.1) is 11.3 Å². The van der Waals surface area contributed by atoms with Gasteiger partial charge in [-0.2, -0.15) is 10.2 Å². The van der Waals surface area contributed by atoms with Gasteiger partial charge in [0.25, 0.3) is 5.56 Å². The number of halogens is 1. The second-order valence-electron chi connectivity index (χ2n) is 7.50. The molecule has 0 radical (unpaired) electrons. The first-order chi connectivity index (χ1) is 14.5. The van der Waals surface area contributed by atoms with Gasteiger partial charge < -0.3 is 13.8 Å². The van der Waals surface area contributed by atoms with Gasteiger partial charge in [0.15, 0.2) is 0 Å². The number of rotatable bonds is 3. The number of aromatic nitrogens is 5. The molecule has 5 rings (SSSR count). The van der Waals surface area contributed by atoms with E-state index in [2.05, 4.69) is 21.2 Å². The molecular weight excluding hydrogens is 408 g/mol. The molecule has 0 spiro atoms. The number of imidazole rings is 1. The quantitative estimate of drug-likeness (QED) is 0.496. The molecule has 1 saturated heterocycles. The Balaban J connectivity index is 1.82. The van der Waals surface area contributed by atoms with Crippen LogP contribution in [0.4, 0.5) is 0 Å². The lowest BCUT2D eigenvalue weighted by Crippen LogP contribution is -2.25. The average molecular weight is 425 g/mol. The minimum absolute atomic E-state index is 0.0496. The fourth-order valence-electron chi connectivity index (χ4n) is 3.93. The van der Waals surface area contributed by atoms with Crippen molar-refractivity contribution in [1.29, 1.82) is 5.26 Å². The zero-order valence-corrected chi connectivity index (χ0v) is 17.0. The van der Waals surface area contributed by atoms with Crippen LogP contribution in [0.5, 0.6) is 0 Å². The molecule has 30 heavy (non-hydrogen) atoms. The number of nitriles is 1. The van der Waals surface area contributed by atoms with Crippen molar-refractivity contribution in [3.63, 3.8) is 0 Å². The number of fused-ring (bicyclic) bond motifs is 3. The topological polar surface area (TPSA) is 111 Å². The van der Waals surface area contributed by atoms with Crippen LogP contribution in [0.2, 0.25) is 5.02 Å². The molecular formula is C20H17ClN6O3. The van der Waals surface area contributed by atoms with Crippen LogP contribution >= 0.6 is 11.6 Å². The highest BCUT2D eigenvalue weighted by atomic mass is 35.5. The number of hydrogen-bond donors (Lipinski definition) is 0. The normalized spacial score (nSPS) is 16.7. The van der Waals surface area contributed by atoms with E-state index >= 15 is 0 Å². The number of hydrogen-bond acceptors (Lipinski definition) is 7. The van der Waals surface area contributed by atoms with Crippen molar-refractivity contribution in [2.45, 2.75) is 32.2 Å². The molecule has 1 aliphatic rings. The average Bonchev–Trinajstić information content (AvgIpc) is 3.46. The molecule has 3 aromatic heterocycles. The van der Waals surface area contributed by atoms with Crippen molar-refractivity contribution in [3.05, 3.63) is 45.3 Å². The highest BCUT2D eigenvalue weighted by Crippen LogP contribution is 2.30. The van der Waals surface area contributed by atoms with Gasteiger partial charge in [-0.3, -0.25) is 9.20 Å². The molecule has 1 aliphatic heterocycles. The lowest BCUT2D eigenvalue weighted by molar-refractivity contribution is 0.189. The second-order valence-corrected chi connectivity index (χ2v) is 7.91. The fourth-order valence-corrected chi connectivity index (χ4v) is 4.13. The van der Waals surface area contributed by atoms with E-state index in [1.54, 1.807) is 21.1 Å². The molecule has 0 bridgehead atoms. The van der Waals surface area contributed by atoms with Gasteiger partial charge in [-0.05, 0) is 32.4 Å². The second kappa shape index (κ2) is 6.93. The zero-order chi connectivity index (χ0) is 21.0. The van der Waals surface area contributed by atoms with Gasteiger partial charge in [0.05, 0.1) is 34.1 Å². The molecule has 1 atom stereocenters. The third kappa shape index (κ3) is 2.65. The van der Waals surface area contributed by atoms with Gasteiger partial charge in [0.2, 0.25) is 11.7 Å². The third-order valence-electron chi connectivity index (χ3n) is 5.36. The Kier molecular flexibility index (Phi) is 4.34. The maximum atomic E-state index is 13.5. The first-order valence-electron chi connectivity index (χ1n) is 9.56. The maximum absolute atomic E-state index is 13.5. The van der Waals surface area contributed by atoms with Gasteiger partial charge in [-0.25, -0.2) is 4.98 Å². The Morgan fingerprint density at radius 3 is 2.87 bits per heavy atom. The first kappa shape index (κ1) is 18.8. The van der Waals surface area contributed by atoms with Gasteiger partial charge in [-0.15, -0.1) is 0 Å². The summed E-state index contributed by atoms with van der Waals surface area (Å²) in [6.07, 6.45) is 2.34. The van der Waals surface area contributed by atoms with Crippen LogP contribution in [0.15, 0.2) is 27.8 Å². The summed E-state index contributed by atoms with van der Waals surface area (Å²) in [5.74, 6) is 0.779. The van der Waals surface area contributed by atoms with Crippen molar-refractivity contribution < 1.29 is 9.26 Å². The molecule has 0 aliphatic carbocycles. The third-order valence-corrected chi connectivity index (χ3v) is 5.67. The Bertz CT molecular complexity index is 1390. The molecule has 0 amide bonds. The van der Waals surface area contributed by atoms with Crippen LogP contribution in [0.25, 0.3) is 28.1 Å². The number of benzene rings is 1. The Morgan fingerprint density at radius 2 is 2.17 bits per heavy atom. The van der Waals surface area contributed by atoms with E-state index in [0.29, 0.717) is 46.4 Å². The summed E-state index contributed by atoms with van der Waals surface area (Å²) in [6, 6.07) is 5.32. The molecule has 10 heteroatoms. The Labute approximate surface area is 175 Å². The van der Waals surface area contributed by atoms with Crippen molar-refractivity contribution in [1.82, 2.24) is 24.1 Å². The highest BCUT2D eigenvalue weighted by molar-refractivity contribution is 6.32. The predicted octanol–water partition coefficient (Wildman–Crippen LogP) is 3.31. The summed E-state index contributed by atoms with van der Waals surface area (Å²) in [4.78, 5) is 22.4. The van der Waals surface area contributed by atoms with E-state index in [0.717, 1.165) is 6.42 Å². The van der Waals surface area contributed by atoms with Crippen molar-refractivity contribution >= 4 is 28.2 Å². The summed E-state index contributed by atoms with van der Waals surface area (Å²) in [5, 5.41) is 14.0. The smallest absolute Gasteiger partial charge is 0.278 e. The summed E-state index contributed by atoms with van der Waals surface area (Å²) >= 11 is 6.24. The first-order valence-corrected chi connectivity index (χ1v) is 9.94. The van der Waals surface area contributed by atoms with Crippen LogP contribution in [0.3, 0.4) is 0 Å². The van der Waals surface area contributed by atoms with E-state index in [9.17, 15) is 10.1 Å². The lowest BCUT2D eigenvalue weighted by atomic mass is 10.1. The SMILES string of the molecule is CC(C)n1c(=O)c2c(-c3noc(C4CCOC4)n3)ncn2c2ccc(Cl)c(C#N)c21. The monoisotopic (exact) mass is 424 g/mol. The van der Waals surface area contributed by atoms with E-state index in [1.165, 1.54) is 6.33 Å². The Morgan fingerprint density at radius 1 is 1.33 bits per heavy atom. The van der Waals surface area contributed by atoms with Gasteiger partial charge in [0, 0.05) is 12.6 Å². The maximum Gasteiger partial charge on any atom is 0.278 e. The fraction of sp³-hybridized carbons (Fsp3) is 0.350. The van der Waals surface area contributed by atoms with E-state index in [-0.39, 0.29) is 28.9 Å². The number of ether oxygens (including phenoxy) is 1. The summed E-state index contributed by atoms with van der Waals surface area (Å²) in [7, 11) is 0. The zero-order valence-electron chi connectivity index (χ0n) is 16.3. The standard InChI is InChI=1S/C20H17ClN6O3/c1-10(2)27-16-12(7-22)13(21)3-4-14(16)26-9-23-15(17(26)20(27)28)18-24-19(30-25-18)11-5-6-29-8-11/h3-4,9-11H,5-6,8H2,1-2H3. The lowest BCUT2D eigenvalue weighted by Gasteiger charge is -2.17. The van der Waals surface area contributed by atoms with E-state index in [4.69, 9.17) is 20.9 Å². The molecule has 1 fully saturated rings. The number of nitrogens with zero attached hydrogens (tertiary/aromatic N) is 6. The van der Waals surface area contributed by atoms with Crippen molar-refractivity contribution in [2.75, 3.05) is 13.2 Å². The summed E-state index contributed by atoms with van der Waals surface area (Å²) < 4.78 is 14.0. The summed E-state index contributed by atoms with van der Waals surface area (Å²) in [5.41, 5.74) is 1.71. The van der Waals surface area contributed by atoms with Crippen molar-refractivity contribution in [3.8, 4) is 17.6 Å². The minimum atomic E-state index is -0.306. The predicted molar refractivity (Wildman–Crippen MR) is 109 cm³/mol. The Hall–Kier alpha value is -3.22. The molecule has 4 aromatic rings. The molecule has 152 valence electrons.